The van der Waals surface area contributed by atoms with Crippen molar-refractivity contribution in [1.82, 2.24) is 0 Å². The normalized spacial score (nSPS) is 10.1. The van der Waals surface area contributed by atoms with Gasteiger partial charge in [-0.15, -0.1) is 0 Å². The molecule has 0 aliphatic rings. The molecule has 0 saturated heterocycles. The van der Waals surface area contributed by atoms with E-state index in [0.29, 0.717) is 5.75 Å². The second-order valence-corrected chi connectivity index (χ2v) is 3.13. The van der Waals surface area contributed by atoms with Crippen molar-refractivity contribution in [3.63, 3.8) is 0 Å². The van der Waals surface area contributed by atoms with Crippen LogP contribution in [-0.2, 0) is 0 Å². The van der Waals surface area contributed by atoms with Crippen molar-refractivity contribution in [3.05, 3.63) is 30.3 Å². The zero-order valence-electron chi connectivity index (χ0n) is 7.95. The molecule has 70 valence electrons. The van der Waals surface area contributed by atoms with Gasteiger partial charge in [-0.2, -0.15) is 0 Å². The van der Waals surface area contributed by atoms with E-state index < -0.39 is 0 Å². The van der Waals surface area contributed by atoms with Crippen LogP contribution in [0.15, 0.2) is 24.8 Å². The van der Waals surface area contributed by atoms with Gasteiger partial charge >= 0.3 is 0 Å². The minimum Gasteiger partial charge on any atom is -0.508 e. The third-order valence-corrected chi connectivity index (χ3v) is 1.52. The molecule has 0 radical (unpaired) electrons. The predicted octanol–water partition coefficient (Wildman–Crippen LogP) is 2.82. The number of benzene rings is 1. The molecule has 0 aromatic heterocycles. The van der Waals surface area contributed by atoms with Crippen molar-refractivity contribution in [2.45, 2.75) is 20.0 Å². The molecule has 0 amide bonds. The SMILES string of the molecule is C=Cc1cc(O)cc(OC(C)C)c1. The highest BCUT2D eigenvalue weighted by Gasteiger charge is 2.00. The Kier molecular flexibility index (Phi) is 2.96. The van der Waals surface area contributed by atoms with Crippen LogP contribution in [0, 0.1) is 0 Å². The summed E-state index contributed by atoms with van der Waals surface area (Å²) in [5.41, 5.74) is 0.857. The minimum absolute atomic E-state index is 0.111. The zero-order valence-corrected chi connectivity index (χ0v) is 7.95. The van der Waals surface area contributed by atoms with Gasteiger partial charge in [0.15, 0.2) is 0 Å². The van der Waals surface area contributed by atoms with E-state index in [9.17, 15) is 5.11 Å². The summed E-state index contributed by atoms with van der Waals surface area (Å²) in [5, 5.41) is 9.31. The zero-order chi connectivity index (χ0) is 9.84. The molecule has 1 aromatic carbocycles. The first-order valence-corrected chi connectivity index (χ1v) is 4.25. The van der Waals surface area contributed by atoms with Gasteiger partial charge < -0.3 is 9.84 Å². The Morgan fingerprint density at radius 2 is 2.08 bits per heavy atom. The van der Waals surface area contributed by atoms with Crippen molar-refractivity contribution in [1.29, 1.82) is 0 Å². The largest absolute Gasteiger partial charge is 0.508 e. The average molecular weight is 178 g/mol. The van der Waals surface area contributed by atoms with E-state index >= 15 is 0 Å². The quantitative estimate of drug-likeness (QED) is 0.771. The number of ether oxygens (including phenoxy) is 1. The summed E-state index contributed by atoms with van der Waals surface area (Å²) in [6.45, 7) is 7.51. The number of rotatable bonds is 3. The van der Waals surface area contributed by atoms with E-state index in [1.807, 2.05) is 19.9 Å². The molecule has 0 unspecified atom stereocenters. The molecule has 1 N–H and O–H groups in total. The first kappa shape index (κ1) is 9.65. The highest BCUT2D eigenvalue weighted by Crippen LogP contribution is 2.23. The summed E-state index contributed by atoms with van der Waals surface area (Å²) in [4.78, 5) is 0. The van der Waals surface area contributed by atoms with Crippen molar-refractivity contribution in [2.75, 3.05) is 0 Å². The maximum atomic E-state index is 9.31. The van der Waals surface area contributed by atoms with Crippen molar-refractivity contribution >= 4 is 6.08 Å². The van der Waals surface area contributed by atoms with Gasteiger partial charge in [0, 0.05) is 6.07 Å². The summed E-state index contributed by atoms with van der Waals surface area (Å²) < 4.78 is 5.43. The molecule has 2 nitrogen and oxygen atoms in total. The fourth-order valence-electron chi connectivity index (χ4n) is 1.06. The van der Waals surface area contributed by atoms with Gasteiger partial charge in [-0.05, 0) is 31.5 Å². The van der Waals surface area contributed by atoms with Crippen LogP contribution in [-0.4, -0.2) is 11.2 Å². The van der Waals surface area contributed by atoms with E-state index in [1.54, 1.807) is 18.2 Å². The van der Waals surface area contributed by atoms with Crippen molar-refractivity contribution in [2.24, 2.45) is 0 Å². The van der Waals surface area contributed by atoms with Crippen LogP contribution in [0.1, 0.15) is 19.4 Å². The summed E-state index contributed by atoms with van der Waals surface area (Å²) in [6.07, 6.45) is 1.78. The third kappa shape index (κ3) is 2.82. The molecule has 1 rings (SSSR count). The average Bonchev–Trinajstić information content (AvgIpc) is 2.01. The van der Waals surface area contributed by atoms with Gasteiger partial charge in [0.25, 0.3) is 0 Å². The van der Waals surface area contributed by atoms with Crippen molar-refractivity contribution < 1.29 is 9.84 Å². The summed E-state index contributed by atoms with van der Waals surface area (Å²) in [5.74, 6) is 0.873. The van der Waals surface area contributed by atoms with Crippen LogP contribution in [0.4, 0.5) is 0 Å². The lowest BCUT2D eigenvalue weighted by Crippen LogP contribution is -2.05. The highest BCUT2D eigenvalue weighted by atomic mass is 16.5. The van der Waals surface area contributed by atoms with Crippen LogP contribution in [0.5, 0.6) is 11.5 Å². The lowest BCUT2D eigenvalue weighted by atomic mass is 10.2. The Hall–Kier alpha value is -1.44. The van der Waals surface area contributed by atoms with E-state index in [-0.39, 0.29) is 11.9 Å². The van der Waals surface area contributed by atoms with Crippen LogP contribution in [0.25, 0.3) is 6.08 Å². The van der Waals surface area contributed by atoms with Crippen LogP contribution >= 0.6 is 0 Å². The van der Waals surface area contributed by atoms with Crippen molar-refractivity contribution in [3.8, 4) is 11.5 Å². The van der Waals surface area contributed by atoms with E-state index in [0.717, 1.165) is 5.56 Å². The maximum absolute atomic E-state index is 9.31. The molecular weight excluding hydrogens is 164 g/mol. The number of aromatic hydroxyl groups is 1. The first-order chi connectivity index (χ1) is 6.11. The molecule has 0 aliphatic carbocycles. The smallest absolute Gasteiger partial charge is 0.123 e. The number of phenols is 1. The standard InChI is InChI=1S/C11H14O2/c1-4-9-5-10(12)7-11(6-9)13-8(2)3/h4-8,12H,1H2,2-3H3. The molecule has 1 aromatic rings. The minimum atomic E-state index is 0.111. The fourth-order valence-corrected chi connectivity index (χ4v) is 1.06. The van der Waals surface area contributed by atoms with E-state index in [1.165, 1.54) is 0 Å². The highest BCUT2D eigenvalue weighted by molar-refractivity contribution is 5.53. The van der Waals surface area contributed by atoms with Crippen LogP contribution < -0.4 is 4.74 Å². The van der Waals surface area contributed by atoms with Gasteiger partial charge in [-0.25, -0.2) is 0 Å². The summed E-state index contributed by atoms with van der Waals surface area (Å²) >= 11 is 0. The van der Waals surface area contributed by atoms with Crippen LogP contribution in [0.3, 0.4) is 0 Å². The van der Waals surface area contributed by atoms with Gasteiger partial charge in [0.2, 0.25) is 0 Å². The first-order valence-electron chi connectivity index (χ1n) is 4.25. The third-order valence-electron chi connectivity index (χ3n) is 1.52. The molecule has 0 saturated carbocycles. The Balaban J connectivity index is 2.94. The Bertz CT molecular complexity index is 303. The van der Waals surface area contributed by atoms with Gasteiger partial charge in [-0.3, -0.25) is 0 Å². The van der Waals surface area contributed by atoms with Crippen LogP contribution in [0.2, 0.25) is 0 Å². The molecule has 0 heterocycles. The lowest BCUT2D eigenvalue weighted by molar-refractivity contribution is 0.241. The molecule has 13 heavy (non-hydrogen) atoms. The van der Waals surface area contributed by atoms with Gasteiger partial charge in [0.1, 0.15) is 11.5 Å². The molecular formula is C11H14O2. The second kappa shape index (κ2) is 3.99. The van der Waals surface area contributed by atoms with E-state index in [2.05, 4.69) is 6.58 Å². The molecule has 0 bridgehead atoms. The molecule has 0 atom stereocenters. The molecule has 0 fully saturated rings. The summed E-state index contributed by atoms with van der Waals surface area (Å²) in [7, 11) is 0. The number of hydrogen-bond donors (Lipinski definition) is 1. The van der Waals surface area contributed by atoms with E-state index in [4.69, 9.17) is 4.74 Å². The van der Waals surface area contributed by atoms with Gasteiger partial charge in [0.05, 0.1) is 6.10 Å². The predicted molar refractivity (Wildman–Crippen MR) is 54.0 cm³/mol. The molecule has 0 spiro atoms. The fraction of sp³-hybridized carbons (Fsp3) is 0.273. The molecule has 2 heteroatoms. The maximum Gasteiger partial charge on any atom is 0.123 e. The number of phenolic OH excluding ortho intramolecular Hbond substituents is 1. The Morgan fingerprint density at radius 3 is 2.62 bits per heavy atom. The number of hydrogen-bond acceptors (Lipinski definition) is 2. The Morgan fingerprint density at radius 1 is 1.38 bits per heavy atom. The summed E-state index contributed by atoms with van der Waals surface area (Å²) in [6, 6.07) is 5.07. The monoisotopic (exact) mass is 178 g/mol. The Labute approximate surface area is 78.5 Å². The topological polar surface area (TPSA) is 29.5 Å². The van der Waals surface area contributed by atoms with Gasteiger partial charge in [-0.1, -0.05) is 12.7 Å². The molecule has 0 aliphatic heterocycles. The lowest BCUT2D eigenvalue weighted by Gasteiger charge is -2.10. The second-order valence-electron chi connectivity index (χ2n) is 3.13.